The normalized spacial score (nSPS) is 16.3. The molecule has 0 amide bonds. The van der Waals surface area contributed by atoms with Crippen molar-refractivity contribution in [2.24, 2.45) is 7.05 Å². The van der Waals surface area contributed by atoms with Gasteiger partial charge in [0.1, 0.15) is 0 Å². The Kier molecular flexibility index (Phi) is 3.51. The third kappa shape index (κ3) is 2.57. The SMILES string of the molecule is CNC(c1ccnn1C)C(C)S(C)(=O)=O. The molecule has 2 unspecified atom stereocenters. The fourth-order valence-electron chi connectivity index (χ4n) is 1.56. The third-order valence-corrected chi connectivity index (χ3v) is 4.26. The van der Waals surface area contributed by atoms with Gasteiger partial charge in [-0.15, -0.1) is 0 Å². The predicted molar refractivity (Wildman–Crippen MR) is 59.3 cm³/mol. The number of rotatable bonds is 4. The molecular weight excluding hydrogens is 214 g/mol. The zero-order valence-electron chi connectivity index (χ0n) is 9.43. The molecule has 1 rings (SSSR count). The van der Waals surface area contributed by atoms with Crippen LogP contribution >= 0.6 is 0 Å². The maximum absolute atomic E-state index is 11.5. The van der Waals surface area contributed by atoms with Crippen molar-refractivity contribution in [2.75, 3.05) is 13.3 Å². The van der Waals surface area contributed by atoms with E-state index in [1.54, 1.807) is 31.9 Å². The molecule has 86 valence electrons. The van der Waals surface area contributed by atoms with Crippen LogP contribution in [0.1, 0.15) is 18.7 Å². The molecule has 1 heterocycles. The molecule has 15 heavy (non-hydrogen) atoms. The summed E-state index contributed by atoms with van der Waals surface area (Å²) in [6.45, 7) is 1.70. The van der Waals surface area contributed by atoms with Crippen LogP contribution in [0.4, 0.5) is 0 Å². The lowest BCUT2D eigenvalue weighted by Crippen LogP contribution is -2.34. The van der Waals surface area contributed by atoms with Crippen LogP contribution in [0.15, 0.2) is 12.3 Å². The molecule has 0 aromatic carbocycles. The van der Waals surface area contributed by atoms with Gasteiger partial charge in [-0.25, -0.2) is 8.42 Å². The molecule has 1 aromatic heterocycles. The highest BCUT2D eigenvalue weighted by atomic mass is 32.2. The number of nitrogens with zero attached hydrogens (tertiary/aromatic N) is 2. The highest BCUT2D eigenvalue weighted by Gasteiger charge is 2.27. The molecule has 0 saturated heterocycles. The number of hydrogen-bond donors (Lipinski definition) is 1. The van der Waals surface area contributed by atoms with Gasteiger partial charge in [-0.3, -0.25) is 4.68 Å². The molecule has 0 saturated carbocycles. The van der Waals surface area contributed by atoms with E-state index < -0.39 is 15.1 Å². The molecule has 5 nitrogen and oxygen atoms in total. The second-order valence-electron chi connectivity index (χ2n) is 3.68. The zero-order valence-corrected chi connectivity index (χ0v) is 10.2. The van der Waals surface area contributed by atoms with E-state index in [1.165, 1.54) is 6.26 Å². The van der Waals surface area contributed by atoms with Gasteiger partial charge in [-0.05, 0) is 20.0 Å². The summed E-state index contributed by atoms with van der Waals surface area (Å²) in [5.74, 6) is 0. The summed E-state index contributed by atoms with van der Waals surface area (Å²) < 4.78 is 24.6. The Morgan fingerprint density at radius 2 is 2.13 bits per heavy atom. The summed E-state index contributed by atoms with van der Waals surface area (Å²) in [6.07, 6.45) is 2.91. The van der Waals surface area contributed by atoms with Gasteiger partial charge in [-0.1, -0.05) is 0 Å². The Labute approximate surface area is 90.4 Å². The highest BCUT2D eigenvalue weighted by molar-refractivity contribution is 7.91. The molecule has 2 atom stereocenters. The van der Waals surface area contributed by atoms with Gasteiger partial charge in [0.15, 0.2) is 9.84 Å². The van der Waals surface area contributed by atoms with E-state index in [4.69, 9.17) is 0 Å². The lowest BCUT2D eigenvalue weighted by atomic mass is 10.1. The van der Waals surface area contributed by atoms with Crippen LogP contribution in [0.5, 0.6) is 0 Å². The minimum atomic E-state index is -3.06. The first-order valence-corrected chi connectivity index (χ1v) is 6.67. The number of aromatic nitrogens is 2. The monoisotopic (exact) mass is 231 g/mol. The molecule has 0 aliphatic heterocycles. The number of sulfone groups is 1. The van der Waals surface area contributed by atoms with Crippen LogP contribution < -0.4 is 5.32 Å². The Balaban J connectivity index is 3.06. The van der Waals surface area contributed by atoms with E-state index in [9.17, 15) is 8.42 Å². The Bertz CT molecular complexity index is 424. The first-order valence-electron chi connectivity index (χ1n) is 4.72. The quantitative estimate of drug-likeness (QED) is 0.799. The Hall–Kier alpha value is -0.880. The summed E-state index contributed by atoms with van der Waals surface area (Å²) in [5, 5.41) is 6.57. The van der Waals surface area contributed by atoms with Crippen molar-refractivity contribution in [3.8, 4) is 0 Å². The first-order chi connectivity index (χ1) is 6.88. The van der Waals surface area contributed by atoms with Crippen LogP contribution in [-0.2, 0) is 16.9 Å². The van der Waals surface area contributed by atoms with E-state index in [1.807, 2.05) is 6.07 Å². The van der Waals surface area contributed by atoms with Crippen LogP contribution in [0.25, 0.3) is 0 Å². The zero-order chi connectivity index (χ0) is 11.6. The third-order valence-electron chi connectivity index (χ3n) is 2.63. The summed E-state index contributed by atoms with van der Waals surface area (Å²) in [7, 11) is 0.489. The smallest absolute Gasteiger partial charge is 0.151 e. The Morgan fingerprint density at radius 3 is 2.47 bits per heavy atom. The van der Waals surface area contributed by atoms with Gasteiger partial charge in [0, 0.05) is 19.5 Å². The van der Waals surface area contributed by atoms with Crippen molar-refractivity contribution in [1.29, 1.82) is 0 Å². The molecule has 0 fully saturated rings. The van der Waals surface area contributed by atoms with Crippen LogP contribution in [0.2, 0.25) is 0 Å². The van der Waals surface area contributed by atoms with Crippen LogP contribution in [0, 0.1) is 0 Å². The maximum Gasteiger partial charge on any atom is 0.151 e. The largest absolute Gasteiger partial charge is 0.311 e. The average Bonchev–Trinajstić information content (AvgIpc) is 2.52. The van der Waals surface area contributed by atoms with Crippen molar-refractivity contribution in [3.05, 3.63) is 18.0 Å². The first kappa shape index (κ1) is 12.2. The second-order valence-corrected chi connectivity index (χ2v) is 6.08. The van der Waals surface area contributed by atoms with Gasteiger partial charge >= 0.3 is 0 Å². The standard InChI is InChI=1S/C9H17N3O2S/c1-7(15(4,13)14)9(10-2)8-5-6-11-12(8)3/h5-7,9-10H,1-4H3. The van der Waals surface area contributed by atoms with E-state index in [0.29, 0.717) is 0 Å². The van der Waals surface area contributed by atoms with Crippen molar-refractivity contribution < 1.29 is 8.42 Å². The van der Waals surface area contributed by atoms with Gasteiger partial charge in [-0.2, -0.15) is 5.10 Å². The summed E-state index contributed by atoms with van der Waals surface area (Å²) in [6, 6.07) is 1.59. The molecule has 1 N–H and O–H groups in total. The van der Waals surface area contributed by atoms with Crippen molar-refractivity contribution in [1.82, 2.24) is 15.1 Å². The van der Waals surface area contributed by atoms with E-state index >= 15 is 0 Å². The lowest BCUT2D eigenvalue weighted by molar-refractivity contribution is 0.506. The fourth-order valence-corrected chi connectivity index (χ4v) is 2.33. The maximum atomic E-state index is 11.5. The van der Waals surface area contributed by atoms with Crippen molar-refractivity contribution in [2.45, 2.75) is 18.2 Å². The van der Waals surface area contributed by atoms with E-state index in [-0.39, 0.29) is 6.04 Å². The number of hydrogen-bond acceptors (Lipinski definition) is 4. The van der Waals surface area contributed by atoms with Gasteiger partial charge in [0.25, 0.3) is 0 Å². The van der Waals surface area contributed by atoms with Gasteiger partial charge < -0.3 is 5.32 Å². The lowest BCUT2D eigenvalue weighted by Gasteiger charge is -2.22. The molecule has 0 aliphatic rings. The fraction of sp³-hybridized carbons (Fsp3) is 0.667. The molecule has 0 bridgehead atoms. The number of aryl methyl sites for hydroxylation is 1. The molecule has 0 spiro atoms. The van der Waals surface area contributed by atoms with Gasteiger partial charge in [0.05, 0.1) is 17.0 Å². The molecule has 0 radical (unpaired) electrons. The number of nitrogens with one attached hydrogen (secondary N) is 1. The molecule has 0 aliphatic carbocycles. The summed E-state index contributed by atoms with van der Waals surface area (Å²) >= 11 is 0. The minimum absolute atomic E-state index is 0.229. The van der Waals surface area contributed by atoms with E-state index in [2.05, 4.69) is 10.4 Å². The predicted octanol–water partition coefficient (Wildman–Crippen LogP) is 0.114. The molecule has 6 heteroatoms. The van der Waals surface area contributed by atoms with E-state index in [0.717, 1.165) is 5.69 Å². The summed E-state index contributed by atoms with van der Waals surface area (Å²) in [5.41, 5.74) is 0.871. The van der Waals surface area contributed by atoms with Crippen molar-refractivity contribution in [3.63, 3.8) is 0 Å². The second kappa shape index (κ2) is 4.32. The molecular formula is C9H17N3O2S. The van der Waals surface area contributed by atoms with Crippen molar-refractivity contribution >= 4 is 9.84 Å². The highest BCUT2D eigenvalue weighted by Crippen LogP contribution is 2.20. The minimum Gasteiger partial charge on any atom is -0.311 e. The van der Waals surface area contributed by atoms with Crippen LogP contribution in [-0.4, -0.2) is 36.8 Å². The summed E-state index contributed by atoms with van der Waals surface area (Å²) in [4.78, 5) is 0. The van der Waals surface area contributed by atoms with Gasteiger partial charge in [0.2, 0.25) is 0 Å². The topological polar surface area (TPSA) is 64.0 Å². The molecule has 1 aromatic rings. The average molecular weight is 231 g/mol. The Morgan fingerprint density at radius 1 is 1.53 bits per heavy atom. The van der Waals surface area contributed by atoms with Crippen LogP contribution in [0.3, 0.4) is 0 Å².